The van der Waals surface area contributed by atoms with Gasteiger partial charge in [0.15, 0.2) is 0 Å². The van der Waals surface area contributed by atoms with Crippen LogP contribution >= 0.6 is 0 Å². The lowest BCUT2D eigenvalue weighted by molar-refractivity contribution is -0.153. The minimum absolute atomic E-state index is 0.164. The van der Waals surface area contributed by atoms with E-state index < -0.39 is 17.2 Å². The van der Waals surface area contributed by atoms with Crippen LogP contribution in [0.25, 0.3) is 0 Å². The molecule has 0 aliphatic carbocycles. The predicted octanol–water partition coefficient (Wildman–Crippen LogP) is 1.99. The van der Waals surface area contributed by atoms with Gasteiger partial charge in [-0.15, -0.1) is 0 Å². The summed E-state index contributed by atoms with van der Waals surface area (Å²) in [6, 6.07) is 5.70. The number of aliphatic carboxylic acids is 1. The third-order valence-corrected chi connectivity index (χ3v) is 3.62. The maximum atomic E-state index is 13.0. The number of hydrogen-bond donors (Lipinski definition) is 2. The van der Waals surface area contributed by atoms with E-state index in [4.69, 9.17) is 10.00 Å². The van der Waals surface area contributed by atoms with Gasteiger partial charge in [0.25, 0.3) is 0 Å². The first-order valence-electron chi connectivity index (χ1n) is 6.32. The van der Waals surface area contributed by atoms with E-state index in [-0.39, 0.29) is 12.1 Å². The van der Waals surface area contributed by atoms with E-state index in [1.54, 1.807) is 0 Å². The summed E-state index contributed by atoms with van der Waals surface area (Å²) in [7, 11) is 0. The molecule has 6 heteroatoms. The van der Waals surface area contributed by atoms with Crippen molar-refractivity contribution in [3.05, 3.63) is 29.6 Å². The van der Waals surface area contributed by atoms with Gasteiger partial charge >= 0.3 is 5.97 Å². The topological polar surface area (TPSA) is 82.4 Å². The molecule has 1 aliphatic rings. The zero-order valence-corrected chi connectivity index (χ0v) is 10.9. The Morgan fingerprint density at radius 2 is 2.20 bits per heavy atom. The predicted molar refractivity (Wildman–Crippen MR) is 69.7 cm³/mol. The van der Waals surface area contributed by atoms with Crippen molar-refractivity contribution in [2.24, 2.45) is 5.41 Å². The standard InChI is InChI=1S/C14H15FN2O3/c15-11-1-2-12(10(7-11)8-16)17-9-14(13(18)19)3-5-20-6-4-14/h1-2,7,17H,3-6,9H2,(H,18,19). The Morgan fingerprint density at radius 1 is 1.50 bits per heavy atom. The molecule has 2 rings (SSSR count). The van der Waals surface area contributed by atoms with Crippen LogP contribution in [0.3, 0.4) is 0 Å². The number of hydrogen-bond acceptors (Lipinski definition) is 4. The Bertz CT molecular complexity index is 548. The lowest BCUT2D eigenvalue weighted by atomic mass is 9.80. The second-order valence-corrected chi connectivity index (χ2v) is 4.85. The molecule has 0 spiro atoms. The molecule has 20 heavy (non-hydrogen) atoms. The first-order chi connectivity index (χ1) is 9.57. The summed E-state index contributed by atoms with van der Waals surface area (Å²) >= 11 is 0. The van der Waals surface area contributed by atoms with Gasteiger partial charge in [-0.3, -0.25) is 4.79 Å². The molecule has 2 N–H and O–H groups in total. The van der Waals surface area contributed by atoms with Gasteiger partial charge in [-0.25, -0.2) is 4.39 Å². The van der Waals surface area contributed by atoms with Crippen molar-refractivity contribution in [3.63, 3.8) is 0 Å². The van der Waals surface area contributed by atoms with Gasteiger partial charge in [0.2, 0.25) is 0 Å². The fraction of sp³-hybridized carbons (Fsp3) is 0.429. The van der Waals surface area contributed by atoms with Gasteiger partial charge in [0.1, 0.15) is 11.9 Å². The number of carboxylic acids is 1. The first-order valence-corrected chi connectivity index (χ1v) is 6.32. The average molecular weight is 278 g/mol. The van der Waals surface area contributed by atoms with Crippen molar-refractivity contribution in [3.8, 4) is 6.07 Å². The normalized spacial score (nSPS) is 17.2. The molecule has 1 fully saturated rings. The summed E-state index contributed by atoms with van der Waals surface area (Å²) in [5.41, 5.74) is -0.294. The molecule has 0 unspecified atom stereocenters. The Morgan fingerprint density at radius 3 is 2.80 bits per heavy atom. The molecular formula is C14H15FN2O3. The zero-order valence-electron chi connectivity index (χ0n) is 10.9. The minimum Gasteiger partial charge on any atom is -0.481 e. The number of ether oxygens (including phenoxy) is 1. The van der Waals surface area contributed by atoms with Crippen LogP contribution in [0, 0.1) is 22.6 Å². The summed E-state index contributed by atoms with van der Waals surface area (Å²) in [6.45, 7) is 0.997. The Labute approximate surface area is 116 Å². The van der Waals surface area contributed by atoms with E-state index >= 15 is 0 Å². The monoisotopic (exact) mass is 278 g/mol. The average Bonchev–Trinajstić information content (AvgIpc) is 2.46. The summed E-state index contributed by atoms with van der Waals surface area (Å²) in [5.74, 6) is -1.37. The molecule has 0 radical (unpaired) electrons. The van der Waals surface area contributed by atoms with E-state index in [2.05, 4.69) is 5.32 Å². The number of rotatable bonds is 4. The molecule has 1 saturated heterocycles. The maximum Gasteiger partial charge on any atom is 0.311 e. The Kier molecular flexibility index (Phi) is 4.20. The molecule has 106 valence electrons. The number of nitrogens with one attached hydrogen (secondary N) is 1. The van der Waals surface area contributed by atoms with Crippen LogP contribution in [0.5, 0.6) is 0 Å². The summed E-state index contributed by atoms with van der Waals surface area (Å²) in [5, 5.41) is 21.3. The van der Waals surface area contributed by atoms with E-state index in [0.29, 0.717) is 31.7 Å². The molecule has 0 atom stereocenters. The third kappa shape index (κ3) is 2.89. The molecule has 1 heterocycles. The number of carbonyl (C=O) groups is 1. The van der Waals surface area contributed by atoms with E-state index in [1.165, 1.54) is 12.1 Å². The lowest BCUT2D eigenvalue weighted by Crippen LogP contribution is -2.42. The molecule has 5 nitrogen and oxygen atoms in total. The fourth-order valence-corrected chi connectivity index (χ4v) is 2.26. The smallest absolute Gasteiger partial charge is 0.311 e. The van der Waals surface area contributed by atoms with Gasteiger partial charge in [0.05, 0.1) is 16.7 Å². The maximum absolute atomic E-state index is 13.0. The van der Waals surface area contributed by atoms with Crippen molar-refractivity contribution in [2.75, 3.05) is 25.1 Å². The second-order valence-electron chi connectivity index (χ2n) is 4.85. The second kappa shape index (κ2) is 5.88. The quantitative estimate of drug-likeness (QED) is 0.880. The summed E-state index contributed by atoms with van der Waals surface area (Å²) < 4.78 is 18.2. The van der Waals surface area contributed by atoms with Crippen molar-refractivity contribution >= 4 is 11.7 Å². The van der Waals surface area contributed by atoms with Gasteiger partial charge in [-0.2, -0.15) is 5.26 Å². The highest BCUT2D eigenvalue weighted by atomic mass is 19.1. The highest BCUT2D eigenvalue weighted by Gasteiger charge is 2.40. The summed E-state index contributed by atoms with van der Waals surface area (Å²) in [4.78, 5) is 11.5. The highest BCUT2D eigenvalue weighted by Crippen LogP contribution is 2.31. The molecular weight excluding hydrogens is 263 g/mol. The number of nitrogens with zero attached hydrogens (tertiary/aromatic N) is 1. The van der Waals surface area contributed by atoms with E-state index in [9.17, 15) is 14.3 Å². The van der Waals surface area contributed by atoms with Crippen LogP contribution in [0.15, 0.2) is 18.2 Å². The van der Waals surface area contributed by atoms with Crippen molar-refractivity contribution < 1.29 is 19.0 Å². The van der Waals surface area contributed by atoms with Crippen LogP contribution in [-0.2, 0) is 9.53 Å². The number of benzene rings is 1. The van der Waals surface area contributed by atoms with Crippen molar-refractivity contribution in [1.29, 1.82) is 5.26 Å². The van der Waals surface area contributed by atoms with Gasteiger partial charge in [-0.1, -0.05) is 0 Å². The van der Waals surface area contributed by atoms with Crippen molar-refractivity contribution in [2.45, 2.75) is 12.8 Å². The van der Waals surface area contributed by atoms with Crippen LogP contribution in [0.2, 0.25) is 0 Å². The van der Waals surface area contributed by atoms with E-state index in [1.807, 2.05) is 6.07 Å². The molecule has 1 aliphatic heterocycles. The van der Waals surface area contributed by atoms with Crippen LogP contribution in [-0.4, -0.2) is 30.8 Å². The molecule has 0 saturated carbocycles. The third-order valence-electron chi connectivity index (χ3n) is 3.62. The fourth-order valence-electron chi connectivity index (χ4n) is 2.26. The van der Waals surface area contributed by atoms with E-state index in [0.717, 1.165) is 6.07 Å². The SMILES string of the molecule is N#Cc1cc(F)ccc1NCC1(C(=O)O)CCOCC1. The van der Waals surface area contributed by atoms with Crippen molar-refractivity contribution in [1.82, 2.24) is 0 Å². The molecule has 0 aromatic heterocycles. The zero-order chi connectivity index (χ0) is 14.6. The number of carboxylic acid groups (broad SMARTS) is 1. The number of anilines is 1. The molecule has 1 aromatic carbocycles. The molecule has 1 aromatic rings. The van der Waals surface area contributed by atoms with Crippen LogP contribution in [0.1, 0.15) is 18.4 Å². The summed E-state index contributed by atoms with van der Waals surface area (Å²) in [6.07, 6.45) is 0.830. The highest BCUT2D eigenvalue weighted by molar-refractivity contribution is 5.76. The largest absolute Gasteiger partial charge is 0.481 e. The molecule has 0 bridgehead atoms. The number of halogens is 1. The van der Waals surface area contributed by atoms with Crippen LogP contribution in [0.4, 0.5) is 10.1 Å². The minimum atomic E-state index is -0.903. The Balaban J connectivity index is 2.14. The van der Waals surface area contributed by atoms with Gasteiger partial charge in [0, 0.05) is 19.8 Å². The lowest BCUT2D eigenvalue weighted by Gasteiger charge is -2.33. The van der Waals surface area contributed by atoms with Gasteiger partial charge < -0.3 is 15.2 Å². The Hall–Kier alpha value is -2.13. The number of nitriles is 1. The molecule has 0 amide bonds. The van der Waals surface area contributed by atoms with Gasteiger partial charge in [-0.05, 0) is 31.0 Å². The first kappa shape index (κ1) is 14.3. The van der Waals surface area contributed by atoms with Crippen LogP contribution < -0.4 is 5.32 Å².